The largest absolute Gasteiger partial charge is 0.337 e. The lowest BCUT2D eigenvalue weighted by atomic mass is 10.3. The van der Waals surface area contributed by atoms with Crippen LogP contribution in [0.15, 0.2) is 12.4 Å². The SMILES string of the molecule is CCN(CCC#N)C(=O)c1cnc(Cl)cn1. The summed E-state index contributed by atoms with van der Waals surface area (Å²) >= 11 is 5.57. The lowest BCUT2D eigenvalue weighted by Gasteiger charge is -2.18. The number of nitrogens with zero attached hydrogens (tertiary/aromatic N) is 4. The fraction of sp³-hybridized carbons (Fsp3) is 0.400. The summed E-state index contributed by atoms with van der Waals surface area (Å²) in [5.41, 5.74) is 0.240. The van der Waals surface area contributed by atoms with Crippen molar-refractivity contribution in [3.8, 4) is 6.07 Å². The molecule has 0 N–H and O–H groups in total. The van der Waals surface area contributed by atoms with Crippen molar-refractivity contribution in [1.29, 1.82) is 5.26 Å². The monoisotopic (exact) mass is 238 g/mol. The van der Waals surface area contributed by atoms with Crippen LogP contribution in [-0.4, -0.2) is 33.9 Å². The molecule has 0 saturated carbocycles. The third-order valence-corrected chi connectivity index (χ3v) is 2.20. The number of hydrogen-bond donors (Lipinski definition) is 0. The van der Waals surface area contributed by atoms with Gasteiger partial charge in [0, 0.05) is 13.1 Å². The highest BCUT2D eigenvalue weighted by Gasteiger charge is 2.15. The molecule has 0 aliphatic carbocycles. The van der Waals surface area contributed by atoms with Gasteiger partial charge in [-0.05, 0) is 6.92 Å². The molecule has 0 aliphatic rings. The van der Waals surface area contributed by atoms with Crippen molar-refractivity contribution in [3.63, 3.8) is 0 Å². The van der Waals surface area contributed by atoms with Gasteiger partial charge < -0.3 is 4.90 Å². The molecule has 0 fully saturated rings. The Hall–Kier alpha value is -1.67. The maximum absolute atomic E-state index is 11.9. The van der Waals surface area contributed by atoms with Crippen LogP contribution in [0, 0.1) is 11.3 Å². The second-order valence-corrected chi connectivity index (χ2v) is 3.40. The quantitative estimate of drug-likeness (QED) is 0.797. The van der Waals surface area contributed by atoms with Crippen molar-refractivity contribution in [2.45, 2.75) is 13.3 Å². The molecule has 1 heterocycles. The molecule has 5 nitrogen and oxygen atoms in total. The topological polar surface area (TPSA) is 69.9 Å². The van der Waals surface area contributed by atoms with E-state index in [4.69, 9.17) is 16.9 Å². The number of hydrogen-bond acceptors (Lipinski definition) is 4. The molecule has 84 valence electrons. The van der Waals surface area contributed by atoms with Crippen molar-refractivity contribution in [2.24, 2.45) is 0 Å². The third kappa shape index (κ3) is 3.17. The van der Waals surface area contributed by atoms with Crippen LogP contribution in [0.2, 0.25) is 5.15 Å². The first-order valence-corrected chi connectivity index (χ1v) is 5.20. The van der Waals surface area contributed by atoms with Crippen LogP contribution in [0.5, 0.6) is 0 Å². The molecule has 0 aromatic carbocycles. The van der Waals surface area contributed by atoms with E-state index in [2.05, 4.69) is 9.97 Å². The van der Waals surface area contributed by atoms with E-state index in [1.807, 2.05) is 13.0 Å². The van der Waals surface area contributed by atoms with Gasteiger partial charge in [-0.3, -0.25) is 4.79 Å². The number of carbonyl (C=O) groups excluding carboxylic acids is 1. The second-order valence-electron chi connectivity index (χ2n) is 3.02. The number of halogens is 1. The Morgan fingerprint density at radius 1 is 1.56 bits per heavy atom. The zero-order chi connectivity index (χ0) is 12.0. The fourth-order valence-corrected chi connectivity index (χ4v) is 1.27. The van der Waals surface area contributed by atoms with Crippen LogP contribution in [0.1, 0.15) is 23.8 Å². The van der Waals surface area contributed by atoms with Gasteiger partial charge in [0.2, 0.25) is 0 Å². The molecule has 0 bridgehead atoms. The van der Waals surface area contributed by atoms with Crippen LogP contribution >= 0.6 is 11.6 Å². The average molecular weight is 239 g/mol. The van der Waals surface area contributed by atoms with Crippen molar-refractivity contribution < 1.29 is 4.79 Å². The minimum absolute atomic E-state index is 0.234. The number of aromatic nitrogens is 2. The van der Waals surface area contributed by atoms with Crippen molar-refractivity contribution in [3.05, 3.63) is 23.2 Å². The molecule has 1 aromatic rings. The van der Waals surface area contributed by atoms with E-state index < -0.39 is 0 Å². The molecule has 0 spiro atoms. The summed E-state index contributed by atoms with van der Waals surface area (Å²) in [7, 11) is 0. The van der Waals surface area contributed by atoms with Gasteiger partial charge in [0.25, 0.3) is 5.91 Å². The maximum atomic E-state index is 11.9. The molecule has 6 heteroatoms. The maximum Gasteiger partial charge on any atom is 0.274 e. The third-order valence-electron chi connectivity index (χ3n) is 2.00. The number of carbonyl (C=O) groups is 1. The van der Waals surface area contributed by atoms with Crippen LogP contribution in [-0.2, 0) is 0 Å². The summed E-state index contributed by atoms with van der Waals surface area (Å²) in [5.74, 6) is -0.234. The van der Waals surface area contributed by atoms with E-state index in [9.17, 15) is 4.79 Å². The summed E-state index contributed by atoms with van der Waals surface area (Å²) in [6.45, 7) is 2.78. The minimum atomic E-state index is -0.234. The summed E-state index contributed by atoms with van der Waals surface area (Å²) in [6, 6.07) is 2.00. The normalized spacial score (nSPS) is 9.56. The summed E-state index contributed by atoms with van der Waals surface area (Å²) in [5, 5.41) is 8.71. The smallest absolute Gasteiger partial charge is 0.274 e. The summed E-state index contributed by atoms with van der Waals surface area (Å²) in [4.78, 5) is 21.1. The van der Waals surface area contributed by atoms with Crippen LogP contribution in [0.25, 0.3) is 0 Å². The Morgan fingerprint density at radius 2 is 2.31 bits per heavy atom. The van der Waals surface area contributed by atoms with E-state index in [0.717, 1.165) is 0 Å². The molecule has 0 atom stereocenters. The van der Waals surface area contributed by atoms with Crippen molar-refractivity contribution in [1.82, 2.24) is 14.9 Å². The predicted octanol–water partition coefficient (Wildman–Crippen LogP) is 1.51. The Kier molecular flexibility index (Phi) is 4.67. The van der Waals surface area contributed by atoms with Crippen molar-refractivity contribution >= 4 is 17.5 Å². The van der Waals surface area contributed by atoms with Gasteiger partial charge >= 0.3 is 0 Å². The van der Waals surface area contributed by atoms with E-state index in [1.165, 1.54) is 12.4 Å². The zero-order valence-electron chi connectivity index (χ0n) is 8.85. The molecule has 0 saturated heterocycles. The zero-order valence-corrected chi connectivity index (χ0v) is 9.61. The molecular formula is C10H11ClN4O. The molecule has 1 rings (SSSR count). The van der Waals surface area contributed by atoms with E-state index in [-0.39, 0.29) is 16.8 Å². The molecule has 0 unspecified atom stereocenters. The molecule has 0 aliphatic heterocycles. The second kappa shape index (κ2) is 6.03. The van der Waals surface area contributed by atoms with Crippen LogP contribution < -0.4 is 0 Å². The van der Waals surface area contributed by atoms with E-state index in [1.54, 1.807) is 4.90 Å². The summed E-state index contributed by atoms with van der Waals surface area (Å²) in [6.07, 6.45) is 2.97. The molecule has 1 aromatic heterocycles. The average Bonchev–Trinajstić information content (AvgIpc) is 2.30. The standard InChI is InChI=1S/C10H11ClN4O/c1-2-15(5-3-4-12)10(16)8-6-14-9(11)7-13-8/h6-7H,2-3,5H2,1H3. The van der Waals surface area contributed by atoms with Gasteiger partial charge in [-0.15, -0.1) is 0 Å². The van der Waals surface area contributed by atoms with Gasteiger partial charge in [0.15, 0.2) is 0 Å². The van der Waals surface area contributed by atoms with E-state index in [0.29, 0.717) is 19.5 Å². The van der Waals surface area contributed by atoms with Gasteiger partial charge in [0.1, 0.15) is 10.8 Å². The number of rotatable bonds is 4. The molecule has 1 amide bonds. The Morgan fingerprint density at radius 3 is 2.81 bits per heavy atom. The highest BCUT2D eigenvalue weighted by molar-refractivity contribution is 6.29. The summed E-state index contributed by atoms with van der Waals surface area (Å²) < 4.78 is 0. The highest BCUT2D eigenvalue weighted by Crippen LogP contribution is 2.05. The fourth-order valence-electron chi connectivity index (χ4n) is 1.17. The Balaban J connectivity index is 2.75. The Bertz CT molecular complexity index is 398. The van der Waals surface area contributed by atoms with Gasteiger partial charge in [-0.1, -0.05) is 11.6 Å². The molecule has 0 radical (unpaired) electrons. The predicted molar refractivity (Wildman–Crippen MR) is 58.8 cm³/mol. The van der Waals surface area contributed by atoms with E-state index >= 15 is 0 Å². The lowest BCUT2D eigenvalue weighted by molar-refractivity contribution is 0.0761. The van der Waals surface area contributed by atoms with Crippen molar-refractivity contribution in [2.75, 3.05) is 13.1 Å². The first kappa shape index (κ1) is 12.4. The van der Waals surface area contributed by atoms with Gasteiger partial charge in [-0.25, -0.2) is 9.97 Å². The van der Waals surface area contributed by atoms with Gasteiger partial charge in [0.05, 0.1) is 24.9 Å². The highest BCUT2D eigenvalue weighted by atomic mass is 35.5. The van der Waals surface area contributed by atoms with Gasteiger partial charge in [-0.2, -0.15) is 5.26 Å². The Labute approximate surface area is 98.7 Å². The first-order valence-electron chi connectivity index (χ1n) is 4.82. The molecule has 16 heavy (non-hydrogen) atoms. The lowest BCUT2D eigenvalue weighted by Crippen LogP contribution is -2.32. The molecular weight excluding hydrogens is 228 g/mol. The minimum Gasteiger partial charge on any atom is -0.337 e. The first-order chi connectivity index (χ1) is 7.69. The van der Waals surface area contributed by atoms with Crippen LogP contribution in [0.3, 0.4) is 0 Å². The van der Waals surface area contributed by atoms with Crippen LogP contribution in [0.4, 0.5) is 0 Å². The number of amides is 1. The number of nitriles is 1.